The molecule has 5 nitrogen and oxygen atoms in total. The van der Waals surface area contributed by atoms with Crippen LogP contribution in [0.1, 0.15) is 17.7 Å². The highest BCUT2D eigenvalue weighted by Gasteiger charge is 2.19. The fraction of sp³-hybridized carbons (Fsp3) is 0.375. The van der Waals surface area contributed by atoms with Gasteiger partial charge >= 0.3 is 0 Å². The van der Waals surface area contributed by atoms with Gasteiger partial charge in [0.2, 0.25) is 5.91 Å². The standard InChI is InChI=1S/C16H19N3O2S/c17-16-19-13(10-22-16)5-6-15(20)18-8-11-7-12-3-1-2-4-14(12)21-9-11/h1-4,10-11H,5-9H2,(H2,17,19)(H,18,20). The number of aryl methyl sites for hydroxylation is 1. The van der Waals surface area contributed by atoms with Crippen molar-refractivity contribution < 1.29 is 9.53 Å². The first-order chi connectivity index (χ1) is 10.7. The van der Waals surface area contributed by atoms with Crippen LogP contribution in [0.3, 0.4) is 0 Å². The van der Waals surface area contributed by atoms with Crippen molar-refractivity contribution in [1.29, 1.82) is 0 Å². The second kappa shape index (κ2) is 6.79. The van der Waals surface area contributed by atoms with Crippen LogP contribution in [0.2, 0.25) is 0 Å². The van der Waals surface area contributed by atoms with Crippen LogP contribution >= 0.6 is 11.3 Å². The van der Waals surface area contributed by atoms with E-state index < -0.39 is 0 Å². The third-order valence-corrected chi connectivity index (χ3v) is 4.44. The molecule has 0 fully saturated rings. The number of carbonyl (C=O) groups excluding carboxylic acids is 1. The molecule has 0 aliphatic carbocycles. The Bertz CT molecular complexity index is 656. The van der Waals surface area contributed by atoms with Crippen LogP contribution in [0.15, 0.2) is 29.6 Å². The third-order valence-electron chi connectivity index (χ3n) is 3.72. The molecule has 116 valence electrons. The quantitative estimate of drug-likeness (QED) is 0.884. The Morgan fingerprint density at radius 3 is 3.14 bits per heavy atom. The zero-order valence-electron chi connectivity index (χ0n) is 12.2. The number of hydrogen-bond donors (Lipinski definition) is 2. The largest absolute Gasteiger partial charge is 0.493 e. The number of nitrogens with zero attached hydrogens (tertiary/aromatic N) is 1. The van der Waals surface area contributed by atoms with Crippen LogP contribution in [-0.2, 0) is 17.6 Å². The first-order valence-corrected chi connectivity index (χ1v) is 8.26. The molecule has 1 unspecified atom stereocenters. The Labute approximate surface area is 133 Å². The second-order valence-corrected chi connectivity index (χ2v) is 6.36. The number of nitrogens with one attached hydrogen (secondary N) is 1. The lowest BCUT2D eigenvalue weighted by atomic mass is 9.97. The van der Waals surface area contributed by atoms with E-state index >= 15 is 0 Å². The van der Waals surface area contributed by atoms with E-state index in [0.29, 0.717) is 37.0 Å². The minimum absolute atomic E-state index is 0.0467. The number of amides is 1. The number of ether oxygens (including phenoxy) is 1. The number of benzene rings is 1. The van der Waals surface area contributed by atoms with Crippen molar-refractivity contribution >= 4 is 22.4 Å². The normalized spacial score (nSPS) is 16.6. The smallest absolute Gasteiger partial charge is 0.220 e. The minimum atomic E-state index is 0.0467. The van der Waals surface area contributed by atoms with Gasteiger partial charge in [0.25, 0.3) is 0 Å². The molecule has 22 heavy (non-hydrogen) atoms. The molecule has 3 rings (SSSR count). The molecule has 2 aromatic rings. The van der Waals surface area contributed by atoms with Crippen LogP contribution in [-0.4, -0.2) is 24.0 Å². The lowest BCUT2D eigenvalue weighted by Crippen LogP contribution is -2.34. The zero-order chi connectivity index (χ0) is 15.4. The van der Waals surface area contributed by atoms with Gasteiger partial charge in [0.15, 0.2) is 5.13 Å². The van der Waals surface area contributed by atoms with Gasteiger partial charge in [0.05, 0.1) is 12.3 Å². The monoisotopic (exact) mass is 317 g/mol. The van der Waals surface area contributed by atoms with E-state index in [9.17, 15) is 4.79 Å². The molecule has 3 N–H and O–H groups in total. The molecule has 6 heteroatoms. The van der Waals surface area contributed by atoms with Gasteiger partial charge in [0, 0.05) is 24.3 Å². The zero-order valence-corrected chi connectivity index (χ0v) is 13.1. The molecule has 2 heterocycles. The molecule has 0 saturated carbocycles. The fourth-order valence-corrected chi connectivity index (χ4v) is 3.14. The van der Waals surface area contributed by atoms with Crippen molar-refractivity contribution in [3.63, 3.8) is 0 Å². The summed E-state index contributed by atoms with van der Waals surface area (Å²) >= 11 is 1.40. The van der Waals surface area contributed by atoms with Gasteiger partial charge in [0.1, 0.15) is 5.75 Å². The number of carbonyl (C=O) groups is 1. The Hall–Kier alpha value is -2.08. The van der Waals surface area contributed by atoms with E-state index in [1.165, 1.54) is 16.9 Å². The summed E-state index contributed by atoms with van der Waals surface area (Å²) in [5, 5.41) is 5.43. The predicted octanol–water partition coefficient (Wildman–Crippen LogP) is 2.03. The summed E-state index contributed by atoms with van der Waals surface area (Å²) in [5.74, 6) is 1.34. The number of nitrogens with two attached hydrogens (primary N) is 1. The third kappa shape index (κ3) is 3.76. The molecule has 0 radical (unpaired) electrons. The van der Waals surface area contributed by atoms with Crippen molar-refractivity contribution in [3.8, 4) is 5.75 Å². The molecule has 1 aliphatic rings. The van der Waals surface area contributed by atoms with Crippen molar-refractivity contribution in [1.82, 2.24) is 10.3 Å². The molecule has 0 bridgehead atoms. The molecule has 1 aromatic heterocycles. The summed E-state index contributed by atoms with van der Waals surface area (Å²) in [6.07, 6.45) is 2.01. The van der Waals surface area contributed by atoms with Gasteiger partial charge in [-0.05, 0) is 24.5 Å². The average molecular weight is 317 g/mol. The number of fused-ring (bicyclic) bond motifs is 1. The fourth-order valence-electron chi connectivity index (χ4n) is 2.55. The number of thiazole rings is 1. The molecule has 1 atom stereocenters. The summed E-state index contributed by atoms with van der Waals surface area (Å²) in [6, 6.07) is 8.06. The topological polar surface area (TPSA) is 77.2 Å². The van der Waals surface area contributed by atoms with E-state index in [1.54, 1.807) is 0 Å². The number of anilines is 1. The maximum absolute atomic E-state index is 11.9. The SMILES string of the molecule is Nc1nc(CCC(=O)NCC2COc3ccccc3C2)cs1. The number of aromatic nitrogens is 1. The van der Waals surface area contributed by atoms with E-state index in [2.05, 4.69) is 16.4 Å². The summed E-state index contributed by atoms with van der Waals surface area (Å²) < 4.78 is 5.73. The molecule has 0 spiro atoms. The Balaban J connectivity index is 1.42. The lowest BCUT2D eigenvalue weighted by molar-refractivity contribution is -0.121. The van der Waals surface area contributed by atoms with Gasteiger partial charge in [-0.2, -0.15) is 0 Å². The van der Waals surface area contributed by atoms with Gasteiger partial charge in [-0.25, -0.2) is 4.98 Å². The van der Waals surface area contributed by atoms with Gasteiger partial charge in [-0.3, -0.25) is 4.79 Å². The molecule has 1 aromatic carbocycles. The van der Waals surface area contributed by atoms with Crippen LogP contribution in [0.25, 0.3) is 0 Å². The van der Waals surface area contributed by atoms with Gasteiger partial charge in [-0.15, -0.1) is 11.3 Å². The molecular formula is C16H19N3O2S. The summed E-state index contributed by atoms with van der Waals surface area (Å²) in [4.78, 5) is 16.1. The van der Waals surface area contributed by atoms with Crippen molar-refractivity contribution in [2.75, 3.05) is 18.9 Å². The van der Waals surface area contributed by atoms with Gasteiger partial charge in [-0.1, -0.05) is 18.2 Å². The number of hydrogen-bond acceptors (Lipinski definition) is 5. The van der Waals surface area contributed by atoms with Gasteiger partial charge < -0.3 is 15.8 Å². The van der Waals surface area contributed by atoms with Crippen molar-refractivity contribution in [2.45, 2.75) is 19.3 Å². The first kappa shape index (κ1) is 14.8. The van der Waals surface area contributed by atoms with Crippen LogP contribution in [0.4, 0.5) is 5.13 Å². The number of nitrogen functional groups attached to an aromatic ring is 1. The maximum Gasteiger partial charge on any atom is 0.220 e. The number of rotatable bonds is 5. The van der Waals surface area contributed by atoms with E-state index in [0.717, 1.165) is 17.9 Å². The van der Waals surface area contributed by atoms with E-state index in [4.69, 9.17) is 10.5 Å². The van der Waals surface area contributed by atoms with Crippen molar-refractivity contribution in [2.24, 2.45) is 5.92 Å². The van der Waals surface area contributed by atoms with E-state index in [1.807, 2.05) is 23.6 Å². The average Bonchev–Trinajstić information content (AvgIpc) is 2.96. The highest BCUT2D eigenvalue weighted by Crippen LogP contribution is 2.26. The highest BCUT2D eigenvalue weighted by atomic mass is 32.1. The highest BCUT2D eigenvalue weighted by molar-refractivity contribution is 7.13. The predicted molar refractivity (Wildman–Crippen MR) is 87.0 cm³/mol. The summed E-state index contributed by atoms with van der Waals surface area (Å²) in [6.45, 7) is 1.30. The molecule has 1 amide bonds. The first-order valence-electron chi connectivity index (χ1n) is 7.38. The van der Waals surface area contributed by atoms with E-state index in [-0.39, 0.29) is 5.91 Å². The Morgan fingerprint density at radius 1 is 1.45 bits per heavy atom. The molecule has 1 aliphatic heterocycles. The van der Waals surface area contributed by atoms with Crippen LogP contribution < -0.4 is 15.8 Å². The number of para-hydroxylation sites is 1. The Kier molecular flexibility index (Phi) is 4.58. The van der Waals surface area contributed by atoms with Crippen LogP contribution in [0.5, 0.6) is 5.75 Å². The maximum atomic E-state index is 11.9. The second-order valence-electron chi connectivity index (χ2n) is 5.47. The van der Waals surface area contributed by atoms with Crippen molar-refractivity contribution in [3.05, 3.63) is 40.9 Å². The molecular weight excluding hydrogens is 298 g/mol. The summed E-state index contributed by atoms with van der Waals surface area (Å²) in [7, 11) is 0. The Morgan fingerprint density at radius 2 is 2.32 bits per heavy atom. The molecule has 0 saturated heterocycles. The lowest BCUT2D eigenvalue weighted by Gasteiger charge is -2.25. The summed E-state index contributed by atoms with van der Waals surface area (Å²) in [5.41, 5.74) is 7.67. The van der Waals surface area contributed by atoms with Crippen LogP contribution in [0, 0.1) is 5.92 Å². The minimum Gasteiger partial charge on any atom is -0.493 e.